The van der Waals surface area contributed by atoms with Crippen LogP contribution in [0.4, 0.5) is 13.2 Å². The summed E-state index contributed by atoms with van der Waals surface area (Å²) in [7, 11) is 0.200. The number of hydrogen-bond donors (Lipinski definition) is 1. The Labute approximate surface area is 51.0 Å². The third-order valence-electron chi connectivity index (χ3n) is 0.767. The van der Waals surface area contributed by atoms with Gasteiger partial charge in [0.2, 0.25) is 0 Å². The molecule has 0 saturated heterocycles. The zero-order valence-corrected chi connectivity index (χ0v) is 5.13. The molecule has 0 aliphatic carbocycles. The van der Waals surface area contributed by atoms with Gasteiger partial charge in [0.1, 0.15) is 5.43 Å². The summed E-state index contributed by atoms with van der Waals surface area (Å²) in [5, 5.41) is 0. The number of aromatic amines is 1. The molecule has 0 bridgehead atoms. The first-order chi connectivity index (χ1) is 4.11. The molecule has 0 saturated carbocycles. The van der Waals surface area contributed by atoms with Gasteiger partial charge in [0.15, 0.2) is 0 Å². The molecule has 0 aliphatic heterocycles. The molecule has 1 rings (SSSR count). The summed E-state index contributed by atoms with van der Waals surface area (Å²) in [6.07, 6.45) is -2.91. The van der Waals surface area contributed by atoms with Gasteiger partial charge in [-0.15, -0.1) is 0 Å². The molecule has 50 valence electrons. The lowest BCUT2D eigenvalue weighted by molar-refractivity contribution is -0.137. The molecule has 1 aromatic rings. The molecule has 0 amide bonds. The first-order valence-corrected chi connectivity index (χ1v) is 3.13. The fourth-order valence-corrected chi connectivity index (χ4v) is 1.01. The molecule has 1 aromatic heterocycles. The zero-order valence-electron chi connectivity index (χ0n) is 4.24. The van der Waals surface area contributed by atoms with Gasteiger partial charge in [-0.25, -0.2) is 0 Å². The maximum Gasteiger partial charge on any atom is 0.435 e. The summed E-state index contributed by atoms with van der Waals surface area (Å²) in [5.74, 6) is 1.41. The SMILES string of the molecule is FC(F)(F)c1[nH]ccp1. The average Bonchev–Trinajstić information content (AvgIpc) is 2.08. The number of H-pyrrole nitrogens is 1. The number of alkyl halides is 3. The second kappa shape index (κ2) is 2.03. The van der Waals surface area contributed by atoms with Crippen LogP contribution in [0.1, 0.15) is 5.43 Å². The minimum Gasteiger partial charge on any atom is -0.354 e. The van der Waals surface area contributed by atoms with E-state index in [0.717, 1.165) is 0 Å². The third kappa shape index (κ3) is 1.45. The minimum absolute atomic E-state index is 0.200. The van der Waals surface area contributed by atoms with Crippen molar-refractivity contribution in [2.24, 2.45) is 0 Å². The molecular formula is C4H3F3NP. The molecule has 0 radical (unpaired) electrons. The Balaban J connectivity index is 2.90. The van der Waals surface area contributed by atoms with Crippen LogP contribution in [-0.2, 0) is 6.18 Å². The highest BCUT2D eigenvalue weighted by Gasteiger charge is 2.31. The molecule has 0 fully saturated rings. The van der Waals surface area contributed by atoms with Gasteiger partial charge in [0, 0.05) is 6.20 Å². The van der Waals surface area contributed by atoms with E-state index >= 15 is 0 Å². The molecule has 5 heteroatoms. The van der Waals surface area contributed by atoms with Crippen LogP contribution in [0.2, 0.25) is 0 Å². The van der Waals surface area contributed by atoms with Crippen molar-refractivity contribution in [1.29, 1.82) is 0 Å². The van der Waals surface area contributed by atoms with Crippen molar-refractivity contribution in [2.45, 2.75) is 6.18 Å². The molecule has 9 heavy (non-hydrogen) atoms. The average molecular weight is 153 g/mol. The van der Waals surface area contributed by atoms with Crippen LogP contribution in [0, 0.1) is 0 Å². The molecule has 0 atom stereocenters. The van der Waals surface area contributed by atoms with Gasteiger partial charge in [0.25, 0.3) is 0 Å². The second-order valence-electron chi connectivity index (χ2n) is 1.44. The van der Waals surface area contributed by atoms with E-state index in [1.54, 1.807) is 0 Å². The van der Waals surface area contributed by atoms with Gasteiger partial charge >= 0.3 is 6.18 Å². The molecule has 1 heterocycles. The number of rotatable bonds is 0. The van der Waals surface area contributed by atoms with Crippen LogP contribution in [0.3, 0.4) is 0 Å². The highest BCUT2D eigenvalue weighted by molar-refractivity contribution is 7.30. The van der Waals surface area contributed by atoms with E-state index in [0.29, 0.717) is 0 Å². The van der Waals surface area contributed by atoms with Crippen molar-refractivity contribution in [3.05, 3.63) is 17.4 Å². The Morgan fingerprint density at radius 1 is 1.44 bits per heavy atom. The maximum absolute atomic E-state index is 11.6. The topological polar surface area (TPSA) is 15.8 Å². The van der Waals surface area contributed by atoms with E-state index in [1.807, 2.05) is 0 Å². The van der Waals surface area contributed by atoms with Crippen LogP contribution in [0.25, 0.3) is 0 Å². The van der Waals surface area contributed by atoms with Crippen molar-refractivity contribution in [2.75, 3.05) is 0 Å². The fourth-order valence-electron chi connectivity index (χ4n) is 0.420. The van der Waals surface area contributed by atoms with Crippen LogP contribution in [-0.4, -0.2) is 4.98 Å². The Morgan fingerprint density at radius 2 is 2.11 bits per heavy atom. The van der Waals surface area contributed by atoms with Gasteiger partial charge in [-0.05, 0) is 14.0 Å². The van der Waals surface area contributed by atoms with Crippen LogP contribution < -0.4 is 0 Å². The monoisotopic (exact) mass is 153 g/mol. The number of nitrogens with one attached hydrogen (secondary N) is 1. The summed E-state index contributed by atoms with van der Waals surface area (Å²) >= 11 is 0. The predicted molar refractivity (Wildman–Crippen MR) is 28.3 cm³/mol. The van der Waals surface area contributed by atoms with E-state index in [4.69, 9.17) is 0 Å². The molecule has 0 aliphatic rings. The van der Waals surface area contributed by atoms with E-state index in [2.05, 4.69) is 4.98 Å². The highest BCUT2D eigenvalue weighted by Crippen LogP contribution is 2.32. The molecular weight excluding hydrogens is 150 g/mol. The van der Waals surface area contributed by atoms with Gasteiger partial charge in [0.05, 0.1) is 0 Å². The van der Waals surface area contributed by atoms with E-state index in [9.17, 15) is 13.2 Å². The van der Waals surface area contributed by atoms with E-state index in [-0.39, 0.29) is 8.19 Å². The molecule has 1 nitrogen and oxygen atoms in total. The molecule has 0 unspecified atom stereocenters. The van der Waals surface area contributed by atoms with E-state index < -0.39 is 11.6 Å². The lowest BCUT2D eigenvalue weighted by Crippen LogP contribution is -2.02. The maximum atomic E-state index is 11.6. The van der Waals surface area contributed by atoms with Crippen molar-refractivity contribution in [3.8, 4) is 0 Å². The number of aromatic nitrogens is 1. The Hall–Kier alpha value is -0.500. The van der Waals surface area contributed by atoms with Gasteiger partial charge in [-0.3, -0.25) is 0 Å². The van der Waals surface area contributed by atoms with Crippen molar-refractivity contribution >= 4 is 8.19 Å². The molecule has 0 spiro atoms. The Bertz CT molecular complexity index is 178. The second-order valence-corrected chi connectivity index (χ2v) is 2.44. The normalized spacial score (nSPS) is 12.8. The van der Waals surface area contributed by atoms with Crippen LogP contribution in [0.15, 0.2) is 12.0 Å². The minimum atomic E-state index is -4.19. The summed E-state index contributed by atoms with van der Waals surface area (Å²) < 4.78 is 34.8. The van der Waals surface area contributed by atoms with Crippen LogP contribution in [0.5, 0.6) is 0 Å². The van der Waals surface area contributed by atoms with Gasteiger partial charge < -0.3 is 4.98 Å². The van der Waals surface area contributed by atoms with E-state index in [1.165, 1.54) is 12.0 Å². The largest absolute Gasteiger partial charge is 0.435 e. The summed E-state index contributed by atoms with van der Waals surface area (Å²) in [5.41, 5.74) is -0.609. The lowest BCUT2D eigenvalue weighted by Gasteiger charge is -1.99. The third-order valence-corrected chi connectivity index (χ3v) is 1.71. The van der Waals surface area contributed by atoms with Gasteiger partial charge in [-0.1, -0.05) is 0 Å². The highest BCUT2D eigenvalue weighted by atomic mass is 31.0. The van der Waals surface area contributed by atoms with Crippen molar-refractivity contribution in [1.82, 2.24) is 4.98 Å². The quantitative estimate of drug-likeness (QED) is 0.589. The lowest BCUT2D eigenvalue weighted by atomic mass is 10.7. The van der Waals surface area contributed by atoms with Crippen LogP contribution >= 0.6 is 8.19 Å². The summed E-state index contributed by atoms with van der Waals surface area (Å²) in [6, 6.07) is 0. The standard InChI is InChI=1S/C4H3F3NP/c5-4(6,7)3-8-1-2-9-3/h1-2,8H. The smallest absolute Gasteiger partial charge is 0.354 e. The molecule has 1 N–H and O–H groups in total. The van der Waals surface area contributed by atoms with Gasteiger partial charge in [-0.2, -0.15) is 13.2 Å². The number of hydrogen-bond acceptors (Lipinski definition) is 0. The zero-order chi connectivity index (χ0) is 6.91. The predicted octanol–water partition coefficient (Wildman–Crippen LogP) is 2.61. The summed E-state index contributed by atoms with van der Waals surface area (Å²) in [6.45, 7) is 0. The first kappa shape index (κ1) is 6.62. The summed E-state index contributed by atoms with van der Waals surface area (Å²) in [4.78, 5) is 2.10. The Kier molecular flexibility index (Phi) is 1.49. The Morgan fingerprint density at radius 3 is 2.33 bits per heavy atom. The van der Waals surface area contributed by atoms with Crippen molar-refractivity contribution < 1.29 is 13.2 Å². The van der Waals surface area contributed by atoms with Crippen molar-refractivity contribution in [3.63, 3.8) is 0 Å². The fraction of sp³-hybridized carbons (Fsp3) is 0.250. The number of halogens is 3. The molecule has 0 aromatic carbocycles. The first-order valence-electron chi connectivity index (χ1n) is 2.17.